The summed E-state index contributed by atoms with van der Waals surface area (Å²) in [5.74, 6) is 0. The summed E-state index contributed by atoms with van der Waals surface area (Å²) < 4.78 is 0. The molecule has 0 unspecified atom stereocenters. The van der Waals surface area contributed by atoms with Gasteiger partial charge in [-0.1, -0.05) is 20.8 Å². The van der Waals surface area contributed by atoms with Gasteiger partial charge in [-0.15, -0.1) is 0 Å². The second-order valence-corrected chi connectivity index (χ2v) is 4.49. The van der Waals surface area contributed by atoms with Crippen LogP contribution in [-0.2, 0) is 0 Å². The normalized spacial score (nSPS) is 12.0. The van der Waals surface area contributed by atoms with Crippen LogP contribution < -0.4 is 5.32 Å². The molecule has 0 aromatic heterocycles. The van der Waals surface area contributed by atoms with Crippen molar-refractivity contribution in [3.63, 3.8) is 0 Å². The number of aliphatic hydroxyl groups is 1. The Morgan fingerprint density at radius 3 is 2.25 bits per heavy atom. The van der Waals surface area contributed by atoms with E-state index in [1.165, 1.54) is 6.42 Å². The van der Waals surface area contributed by atoms with Gasteiger partial charge in [0.15, 0.2) is 0 Å². The summed E-state index contributed by atoms with van der Waals surface area (Å²) in [6, 6.07) is 0. The number of hydrogen-bond donors (Lipinski definition) is 2. The van der Waals surface area contributed by atoms with Gasteiger partial charge in [0.2, 0.25) is 0 Å². The van der Waals surface area contributed by atoms with Gasteiger partial charge in [-0.05, 0) is 37.8 Å². The van der Waals surface area contributed by atoms with Gasteiger partial charge in [0.1, 0.15) is 0 Å². The maximum Gasteiger partial charge on any atom is 0.0431 e. The quantitative estimate of drug-likeness (QED) is 0.600. The van der Waals surface area contributed by atoms with Gasteiger partial charge >= 0.3 is 0 Å². The van der Waals surface area contributed by atoms with E-state index in [1.807, 2.05) is 0 Å². The molecule has 74 valence electrons. The molecule has 0 aliphatic heterocycles. The number of rotatable bonds is 6. The molecule has 2 heteroatoms. The van der Waals surface area contributed by atoms with Crippen molar-refractivity contribution in [3.05, 3.63) is 0 Å². The van der Waals surface area contributed by atoms with E-state index in [0.29, 0.717) is 12.0 Å². The second kappa shape index (κ2) is 6.44. The Hall–Kier alpha value is -0.0800. The lowest BCUT2D eigenvalue weighted by molar-refractivity contribution is 0.282. The van der Waals surface area contributed by atoms with Gasteiger partial charge in [0.25, 0.3) is 0 Å². The first-order valence-electron chi connectivity index (χ1n) is 4.88. The average Bonchev–Trinajstić information content (AvgIpc) is 1.94. The van der Waals surface area contributed by atoms with Crippen molar-refractivity contribution in [2.45, 2.75) is 40.0 Å². The molecule has 0 aromatic carbocycles. The monoisotopic (exact) mass is 173 g/mol. The summed E-state index contributed by atoms with van der Waals surface area (Å²) in [7, 11) is 0. The van der Waals surface area contributed by atoms with Crippen LogP contribution in [0.5, 0.6) is 0 Å². The summed E-state index contributed by atoms with van der Waals surface area (Å²) in [5.41, 5.74) is 0.435. The van der Waals surface area contributed by atoms with Gasteiger partial charge in [0.05, 0.1) is 0 Å². The highest BCUT2D eigenvalue weighted by molar-refractivity contribution is 4.62. The molecule has 0 rings (SSSR count). The molecule has 12 heavy (non-hydrogen) atoms. The number of unbranched alkanes of at least 4 members (excludes halogenated alkanes) is 1. The molecule has 0 aromatic rings. The van der Waals surface area contributed by atoms with Gasteiger partial charge in [0, 0.05) is 6.61 Å². The fourth-order valence-corrected chi connectivity index (χ4v) is 0.950. The molecule has 0 radical (unpaired) electrons. The topological polar surface area (TPSA) is 32.3 Å². The standard InChI is InChI=1S/C10H23NO/c1-10(2,3)6-8-11-7-4-5-9-12/h11-12H,4-9H2,1-3H3. The number of nitrogens with one attached hydrogen (secondary N) is 1. The molecule has 2 nitrogen and oxygen atoms in total. The van der Waals surface area contributed by atoms with Gasteiger partial charge in [-0.3, -0.25) is 0 Å². The van der Waals surface area contributed by atoms with Crippen molar-refractivity contribution in [3.8, 4) is 0 Å². The molecular weight excluding hydrogens is 150 g/mol. The van der Waals surface area contributed by atoms with Crippen molar-refractivity contribution >= 4 is 0 Å². The van der Waals surface area contributed by atoms with Crippen LogP contribution in [0.25, 0.3) is 0 Å². The Morgan fingerprint density at radius 2 is 1.75 bits per heavy atom. The van der Waals surface area contributed by atoms with Crippen molar-refractivity contribution < 1.29 is 5.11 Å². The lowest BCUT2D eigenvalue weighted by Gasteiger charge is -2.17. The highest BCUT2D eigenvalue weighted by Crippen LogP contribution is 2.16. The molecule has 0 fully saturated rings. The Balaban J connectivity index is 3.01. The zero-order valence-corrected chi connectivity index (χ0v) is 8.69. The first kappa shape index (κ1) is 11.9. The molecule has 0 bridgehead atoms. The van der Waals surface area contributed by atoms with Crippen LogP contribution in [0.1, 0.15) is 40.0 Å². The molecule has 0 saturated carbocycles. The SMILES string of the molecule is CC(C)(C)CCNCCCCO. The molecule has 0 saturated heterocycles. The Labute approximate surface area is 76.4 Å². The molecule has 0 aliphatic rings. The molecule has 0 heterocycles. The van der Waals surface area contributed by atoms with Crippen LogP contribution in [0.4, 0.5) is 0 Å². The minimum absolute atomic E-state index is 0.320. The van der Waals surface area contributed by atoms with E-state index in [1.54, 1.807) is 0 Å². The van der Waals surface area contributed by atoms with E-state index in [9.17, 15) is 0 Å². The molecule has 0 aliphatic carbocycles. The number of hydrogen-bond acceptors (Lipinski definition) is 2. The fraction of sp³-hybridized carbons (Fsp3) is 1.00. The van der Waals surface area contributed by atoms with Crippen LogP contribution in [0, 0.1) is 5.41 Å². The highest BCUT2D eigenvalue weighted by atomic mass is 16.2. The highest BCUT2D eigenvalue weighted by Gasteiger charge is 2.08. The third-order valence-electron chi connectivity index (χ3n) is 1.81. The maximum absolute atomic E-state index is 8.52. The van der Waals surface area contributed by atoms with E-state index >= 15 is 0 Å². The predicted molar refractivity (Wildman–Crippen MR) is 53.3 cm³/mol. The summed E-state index contributed by atoms with van der Waals surface area (Å²) in [6.45, 7) is 9.21. The van der Waals surface area contributed by atoms with Crippen molar-refractivity contribution in [2.75, 3.05) is 19.7 Å². The molecule has 0 atom stereocenters. The van der Waals surface area contributed by atoms with E-state index in [2.05, 4.69) is 26.1 Å². The van der Waals surface area contributed by atoms with E-state index in [-0.39, 0.29) is 0 Å². The predicted octanol–water partition coefficient (Wildman–Crippen LogP) is 1.78. The summed E-state index contributed by atoms with van der Waals surface area (Å²) in [4.78, 5) is 0. The van der Waals surface area contributed by atoms with Crippen LogP contribution >= 0.6 is 0 Å². The first-order chi connectivity index (χ1) is 5.56. The molecule has 0 spiro atoms. The lowest BCUT2D eigenvalue weighted by Crippen LogP contribution is -2.21. The molecular formula is C10H23NO. The van der Waals surface area contributed by atoms with Crippen molar-refractivity contribution in [1.82, 2.24) is 5.32 Å². The minimum Gasteiger partial charge on any atom is -0.396 e. The third-order valence-corrected chi connectivity index (χ3v) is 1.81. The van der Waals surface area contributed by atoms with Gasteiger partial charge in [-0.2, -0.15) is 0 Å². The van der Waals surface area contributed by atoms with Gasteiger partial charge < -0.3 is 10.4 Å². The summed E-state index contributed by atoms with van der Waals surface area (Å²) in [6.07, 6.45) is 3.22. The maximum atomic E-state index is 8.52. The minimum atomic E-state index is 0.320. The smallest absolute Gasteiger partial charge is 0.0431 e. The number of aliphatic hydroxyl groups excluding tert-OH is 1. The zero-order valence-electron chi connectivity index (χ0n) is 8.69. The summed E-state index contributed by atoms with van der Waals surface area (Å²) in [5, 5.41) is 11.9. The summed E-state index contributed by atoms with van der Waals surface area (Å²) >= 11 is 0. The third kappa shape index (κ3) is 9.92. The zero-order chi connectivity index (χ0) is 9.45. The van der Waals surface area contributed by atoms with Crippen LogP contribution in [0.15, 0.2) is 0 Å². The molecule has 0 amide bonds. The van der Waals surface area contributed by atoms with Crippen molar-refractivity contribution in [2.24, 2.45) is 5.41 Å². The van der Waals surface area contributed by atoms with Gasteiger partial charge in [-0.25, -0.2) is 0 Å². The van der Waals surface area contributed by atoms with Crippen LogP contribution in [-0.4, -0.2) is 24.8 Å². The van der Waals surface area contributed by atoms with E-state index in [4.69, 9.17) is 5.11 Å². The second-order valence-electron chi connectivity index (χ2n) is 4.49. The first-order valence-corrected chi connectivity index (χ1v) is 4.88. The van der Waals surface area contributed by atoms with E-state index in [0.717, 1.165) is 25.9 Å². The van der Waals surface area contributed by atoms with E-state index < -0.39 is 0 Å². The largest absolute Gasteiger partial charge is 0.396 e. The van der Waals surface area contributed by atoms with Crippen LogP contribution in [0.3, 0.4) is 0 Å². The Kier molecular flexibility index (Phi) is 6.39. The average molecular weight is 173 g/mol. The Morgan fingerprint density at radius 1 is 1.08 bits per heavy atom. The Bertz CT molecular complexity index is 96.5. The van der Waals surface area contributed by atoms with Crippen LogP contribution in [0.2, 0.25) is 0 Å². The fourth-order valence-electron chi connectivity index (χ4n) is 0.950. The lowest BCUT2D eigenvalue weighted by atomic mass is 9.92. The van der Waals surface area contributed by atoms with Crippen molar-refractivity contribution in [1.29, 1.82) is 0 Å². The molecule has 2 N–H and O–H groups in total.